The van der Waals surface area contributed by atoms with Gasteiger partial charge in [-0.2, -0.15) is 0 Å². The fourth-order valence-electron chi connectivity index (χ4n) is 10.6. The number of hydrogen-bond donors (Lipinski definition) is 12. The standard InChI is InChI=1S/C41H60O17/c1-17-18-8-9-24-38(4)13-21(44)34(41(7,54)25(45)10-11-37(2,3)53)39(38,5)14-26(46)40(24,6)19(18)12-20(43)33(17)58-36-32(52)30(50)28(48)23(57-36)16-55-35-31(51)29(49)27(47)22(15-42)56-35/h8-12,21-25,27-32,34-36,42-45,47-54H,13-16H2,1-7H3/b11-10+. The number of Topliss-reactive ketones (excluding diaryl/α,β-unsaturated/α-hetero) is 1. The Hall–Kier alpha value is -2.59. The maximum atomic E-state index is 14.6. The fourth-order valence-corrected chi connectivity index (χ4v) is 10.6. The molecular weight excluding hydrogens is 764 g/mol. The molecule has 0 spiro atoms. The normalized spacial score (nSPS) is 44.4. The van der Waals surface area contributed by atoms with E-state index < -0.39 is 132 Å². The van der Waals surface area contributed by atoms with Crippen molar-refractivity contribution in [2.75, 3.05) is 13.2 Å². The number of aliphatic hydroxyl groups is 11. The largest absolute Gasteiger partial charge is 0.504 e. The van der Waals surface area contributed by atoms with Crippen molar-refractivity contribution in [1.82, 2.24) is 0 Å². The van der Waals surface area contributed by atoms with Crippen LogP contribution in [-0.4, -0.2) is 165 Å². The van der Waals surface area contributed by atoms with Crippen molar-refractivity contribution >= 4 is 11.9 Å². The maximum Gasteiger partial charge on any atom is 0.229 e. The molecule has 17 nitrogen and oxygen atoms in total. The Morgan fingerprint density at radius 3 is 2.09 bits per heavy atom. The monoisotopic (exact) mass is 824 g/mol. The van der Waals surface area contributed by atoms with Gasteiger partial charge in [-0.1, -0.05) is 38.2 Å². The first-order valence-corrected chi connectivity index (χ1v) is 19.6. The van der Waals surface area contributed by atoms with E-state index in [9.17, 15) is 66.1 Å². The first kappa shape index (κ1) is 44.9. The number of carbonyl (C=O) groups is 1. The predicted molar refractivity (Wildman–Crippen MR) is 202 cm³/mol. The van der Waals surface area contributed by atoms with Gasteiger partial charge >= 0.3 is 0 Å². The minimum atomic E-state index is -1.90. The van der Waals surface area contributed by atoms with E-state index in [4.69, 9.17) is 18.9 Å². The molecular formula is C41H60O17. The van der Waals surface area contributed by atoms with Crippen LogP contribution in [0.3, 0.4) is 0 Å². The molecule has 3 aliphatic carbocycles. The SMILES string of the molecule is Cc1c2c(cc(O)c1OC1OC(COC3OC(CO)C(O)C(O)C3O)C(O)C(O)C1O)C1(C)C(=O)CC3(C)C(C(C)(O)C(O)/C=C/C(C)(C)O)C(O)CC3(C)C1C=C2. The topological polar surface area (TPSA) is 297 Å². The second-order valence-corrected chi connectivity index (χ2v) is 18.4. The third-order valence-corrected chi connectivity index (χ3v) is 14.1. The maximum absolute atomic E-state index is 14.6. The zero-order valence-electron chi connectivity index (χ0n) is 33.7. The molecule has 6 rings (SSSR count). The van der Waals surface area contributed by atoms with E-state index in [1.165, 1.54) is 39.0 Å². The van der Waals surface area contributed by atoms with E-state index >= 15 is 0 Å². The van der Waals surface area contributed by atoms with Gasteiger partial charge in [-0.25, -0.2) is 0 Å². The number of hydrogen-bond acceptors (Lipinski definition) is 17. The van der Waals surface area contributed by atoms with Crippen molar-refractivity contribution in [3.63, 3.8) is 0 Å². The zero-order valence-corrected chi connectivity index (χ0v) is 33.7. The quantitative estimate of drug-likeness (QED) is 0.118. The Morgan fingerprint density at radius 2 is 1.48 bits per heavy atom. The van der Waals surface area contributed by atoms with Crippen molar-refractivity contribution in [3.8, 4) is 11.5 Å². The summed E-state index contributed by atoms with van der Waals surface area (Å²) in [5.74, 6) is -2.32. The average Bonchev–Trinajstić information content (AvgIpc) is 3.35. The smallest absolute Gasteiger partial charge is 0.229 e. The Kier molecular flexibility index (Phi) is 11.9. The lowest BCUT2D eigenvalue weighted by molar-refractivity contribution is -0.323. The molecule has 17 heteroatoms. The van der Waals surface area contributed by atoms with Gasteiger partial charge in [0.25, 0.3) is 0 Å². The van der Waals surface area contributed by atoms with E-state index in [1.807, 2.05) is 19.9 Å². The molecule has 2 heterocycles. The van der Waals surface area contributed by atoms with E-state index in [0.29, 0.717) is 16.7 Å². The van der Waals surface area contributed by atoms with Crippen LogP contribution in [0.2, 0.25) is 0 Å². The van der Waals surface area contributed by atoms with Gasteiger partial charge in [-0.15, -0.1) is 0 Å². The fraction of sp³-hybridized carbons (Fsp3) is 0.732. The number of aromatic hydroxyl groups is 1. The van der Waals surface area contributed by atoms with Gasteiger partial charge in [0, 0.05) is 17.9 Å². The van der Waals surface area contributed by atoms with Crippen molar-refractivity contribution < 1.29 is 85.0 Å². The first-order chi connectivity index (χ1) is 26.8. The highest BCUT2D eigenvalue weighted by molar-refractivity contribution is 5.95. The van der Waals surface area contributed by atoms with E-state index in [0.717, 1.165) is 0 Å². The van der Waals surface area contributed by atoms with Gasteiger partial charge in [0.15, 0.2) is 17.8 Å². The minimum absolute atomic E-state index is 0.0868. The van der Waals surface area contributed by atoms with Crippen molar-refractivity contribution in [2.24, 2.45) is 22.7 Å². The molecule has 5 aliphatic rings. The number of ether oxygens (including phenoxy) is 4. The molecule has 0 aromatic heterocycles. The molecule has 4 fully saturated rings. The van der Waals surface area contributed by atoms with Crippen LogP contribution in [-0.2, 0) is 24.4 Å². The van der Waals surface area contributed by atoms with Crippen molar-refractivity contribution in [1.29, 1.82) is 0 Å². The van der Waals surface area contributed by atoms with Crippen LogP contribution in [0.5, 0.6) is 11.5 Å². The summed E-state index contributed by atoms with van der Waals surface area (Å²) in [5.41, 5.74) is -4.92. The molecule has 58 heavy (non-hydrogen) atoms. The lowest BCUT2D eigenvalue weighted by atomic mass is 9.42. The molecule has 2 saturated carbocycles. The summed E-state index contributed by atoms with van der Waals surface area (Å²) in [5, 5.41) is 129. The van der Waals surface area contributed by atoms with Crippen LogP contribution < -0.4 is 4.74 Å². The number of allylic oxidation sites excluding steroid dienone is 1. The summed E-state index contributed by atoms with van der Waals surface area (Å²) < 4.78 is 22.6. The van der Waals surface area contributed by atoms with Crippen LogP contribution in [0.15, 0.2) is 24.3 Å². The molecule has 18 unspecified atom stereocenters. The summed E-state index contributed by atoms with van der Waals surface area (Å²) in [6, 6.07) is 1.39. The molecule has 1 aromatic rings. The number of benzene rings is 1. The highest BCUT2D eigenvalue weighted by Gasteiger charge is 2.73. The first-order valence-electron chi connectivity index (χ1n) is 19.6. The van der Waals surface area contributed by atoms with Gasteiger partial charge in [-0.05, 0) is 75.0 Å². The van der Waals surface area contributed by atoms with Gasteiger partial charge in [0.1, 0.15) is 60.7 Å². The third-order valence-electron chi connectivity index (χ3n) is 14.1. The highest BCUT2D eigenvalue weighted by atomic mass is 16.7. The number of rotatable bonds is 10. The molecule has 12 N–H and O–H groups in total. The van der Waals surface area contributed by atoms with Gasteiger partial charge < -0.3 is 80.2 Å². The Bertz CT molecular complexity index is 1770. The summed E-state index contributed by atoms with van der Waals surface area (Å²) in [7, 11) is 0. The Balaban J connectivity index is 1.26. The van der Waals surface area contributed by atoms with Crippen LogP contribution >= 0.6 is 0 Å². The summed E-state index contributed by atoms with van der Waals surface area (Å²) in [6.07, 6.45) is -12.7. The van der Waals surface area contributed by atoms with Gasteiger partial charge in [0.05, 0.1) is 35.9 Å². The minimum Gasteiger partial charge on any atom is -0.504 e. The van der Waals surface area contributed by atoms with Crippen LogP contribution in [0, 0.1) is 29.6 Å². The van der Waals surface area contributed by atoms with Crippen LogP contribution in [0.25, 0.3) is 6.08 Å². The number of aliphatic hydroxyl groups excluding tert-OH is 9. The number of phenols is 1. The predicted octanol–water partition coefficient (Wildman–Crippen LogP) is -1.59. The summed E-state index contributed by atoms with van der Waals surface area (Å²) >= 11 is 0. The number of phenolic OH excluding ortho intramolecular Hbond substituents is 1. The van der Waals surface area contributed by atoms with Crippen molar-refractivity contribution in [3.05, 3.63) is 41.0 Å². The molecule has 326 valence electrons. The molecule has 0 amide bonds. The average molecular weight is 825 g/mol. The highest BCUT2D eigenvalue weighted by Crippen LogP contribution is 2.71. The lowest BCUT2D eigenvalue weighted by Crippen LogP contribution is -2.63. The molecule has 0 bridgehead atoms. The second kappa shape index (κ2) is 15.4. The van der Waals surface area contributed by atoms with Gasteiger partial charge in [0.2, 0.25) is 6.29 Å². The van der Waals surface area contributed by atoms with Crippen molar-refractivity contribution in [2.45, 2.75) is 152 Å². The number of ketones is 1. The van der Waals surface area contributed by atoms with Crippen LogP contribution in [0.1, 0.15) is 71.1 Å². The molecule has 0 radical (unpaired) electrons. The molecule has 1 aromatic carbocycles. The third kappa shape index (κ3) is 7.03. The van der Waals surface area contributed by atoms with E-state index in [1.54, 1.807) is 19.9 Å². The van der Waals surface area contributed by atoms with E-state index in [-0.39, 0.29) is 24.4 Å². The summed E-state index contributed by atoms with van der Waals surface area (Å²) in [4.78, 5) is 14.6. The number of carbonyl (C=O) groups excluding carboxylic acids is 1. The second-order valence-electron chi connectivity index (χ2n) is 18.4. The summed E-state index contributed by atoms with van der Waals surface area (Å²) in [6.45, 7) is 10.4. The molecule has 18 atom stereocenters. The molecule has 2 aliphatic heterocycles. The van der Waals surface area contributed by atoms with Crippen LogP contribution in [0.4, 0.5) is 0 Å². The number of fused-ring (bicyclic) bond motifs is 5. The molecule has 2 saturated heterocycles. The van der Waals surface area contributed by atoms with E-state index in [2.05, 4.69) is 0 Å². The Labute approximate surface area is 336 Å². The zero-order chi connectivity index (χ0) is 43.2. The lowest BCUT2D eigenvalue weighted by Gasteiger charge is -2.60. The Morgan fingerprint density at radius 1 is 0.897 bits per heavy atom. The van der Waals surface area contributed by atoms with Gasteiger partial charge in [-0.3, -0.25) is 4.79 Å².